The molecule has 1 amide bonds. The van der Waals surface area contributed by atoms with Crippen LogP contribution in [0.2, 0.25) is 0 Å². The second-order valence-electron chi connectivity index (χ2n) is 5.59. The average Bonchev–Trinajstić information content (AvgIpc) is 3.17. The minimum atomic E-state index is 0.0490. The average molecular weight is 311 g/mol. The van der Waals surface area contributed by atoms with Gasteiger partial charge in [-0.25, -0.2) is 4.68 Å². The van der Waals surface area contributed by atoms with Gasteiger partial charge in [0.05, 0.1) is 11.8 Å². The molecule has 21 heavy (non-hydrogen) atoms. The third-order valence-corrected chi connectivity index (χ3v) is 4.99. The molecular formula is C13H21N5O2S. The number of carbonyl (C=O) groups is 1. The van der Waals surface area contributed by atoms with Crippen LogP contribution in [0.15, 0.2) is 5.16 Å². The maximum atomic E-state index is 12.0. The Bertz CT molecular complexity index is 469. The van der Waals surface area contributed by atoms with Gasteiger partial charge in [0.25, 0.3) is 0 Å². The molecule has 1 saturated heterocycles. The molecule has 1 N–H and O–H groups in total. The molecule has 1 aromatic rings. The van der Waals surface area contributed by atoms with E-state index >= 15 is 0 Å². The first-order valence-corrected chi connectivity index (χ1v) is 8.59. The second-order valence-corrected chi connectivity index (χ2v) is 6.53. The number of ether oxygens (including phenoxy) is 1. The Morgan fingerprint density at radius 1 is 1.29 bits per heavy atom. The summed E-state index contributed by atoms with van der Waals surface area (Å²) in [6, 6.07) is 0.652. The van der Waals surface area contributed by atoms with E-state index in [1.54, 1.807) is 0 Å². The predicted octanol–water partition coefficient (Wildman–Crippen LogP) is 1.18. The van der Waals surface area contributed by atoms with Crippen molar-refractivity contribution in [3.63, 3.8) is 0 Å². The Kier molecular flexibility index (Phi) is 5.08. The molecule has 2 fully saturated rings. The van der Waals surface area contributed by atoms with E-state index in [0.717, 1.165) is 44.1 Å². The highest BCUT2D eigenvalue weighted by Gasteiger charge is 2.22. The molecule has 116 valence electrons. The van der Waals surface area contributed by atoms with Gasteiger partial charge >= 0.3 is 0 Å². The molecule has 0 unspecified atom stereocenters. The molecule has 8 heteroatoms. The van der Waals surface area contributed by atoms with Crippen LogP contribution in [-0.4, -0.2) is 51.1 Å². The number of hydrogen-bond donors (Lipinski definition) is 1. The number of thioether (sulfide) groups is 1. The standard InChI is InChI=1S/C13H21N5O2S/c19-12(14-10-5-7-20-8-6-10)9-21-13-15-16-17-18(13)11-3-1-2-4-11/h10-11H,1-9H2,(H,14,19). The Hall–Kier alpha value is -1.15. The van der Waals surface area contributed by atoms with E-state index in [1.807, 2.05) is 4.68 Å². The van der Waals surface area contributed by atoms with Gasteiger partial charge in [0.2, 0.25) is 11.1 Å². The van der Waals surface area contributed by atoms with Gasteiger partial charge in [0.1, 0.15) is 0 Å². The number of hydrogen-bond acceptors (Lipinski definition) is 6. The fourth-order valence-electron chi connectivity index (χ4n) is 2.90. The van der Waals surface area contributed by atoms with Crippen LogP contribution in [0.5, 0.6) is 0 Å². The van der Waals surface area contributed by atoms with Crippen LogP contribution in [0.25, 0.3) is 0 Å². The molecule has 2 heterocycles. The van der Waals surface area contributed by atoms with Crippen LogP contribution in [0.1, 0.15) is 44.6 Å². The van der Waals surface area contributed by atoms with Gasteiger partial charge in [-0.05, 0) is 36.1 Å². The smallest absolute Gasteiger partial charge is 0.230 e. The topological polar surface area (TPSA) is 81.9 Å². The first-order valence-electron chi connectivity index (χ1n) is 7.60. The Balaban J connectivity index is 1.48. The van der Waals surface area contributed by atoms with E-state index in [9.17, 15) is 4.79 Å². The maximum absolute atomic E-state index is 12.0. The molecule has 0 atom stereocenters. The summed E-state index contributed by atoms with van der Waals surface area (Å²) >= 11 is 1.42. The molecule has 2 aliphatic rings. The summed E-state index contributed by atoms with van der Waals surface area (Å²) in [6.07, 6.45) is 6.53. The van der Waals surface area contributed by atoms with Crippen LogP contribution in [0.4, 0.5) is 0 Å². The number of nitrogens with zero attached hydrogens (tertiary/aromatic N) is 4. The van der Waals surface area contributed by atoms with Crippen molar-refractivity contribution in [1.29, 1.82) is 0 Å². The van der Waals surface area contributed by atoms with Crippen LogP contribution < -0.4 is 5.32 Å². The van der Waals surface area contributed by atoms with Crippen molar-refractivity contribution in [2.45, 2.75) is 55.8 Å². The lowest BCUT2D eigenvalue weighted by Crippen LogP contribution is -2.39. The zero-order chi connectivity index (χ0) is 14.5. The molecule has 0 aromatic carbocycles. The molecule has 1 aliphatic carbocycles. The van der Waals surface area contributed by atoms with E-state index in [2.05, 4.69) is 20.8 Å². The second kappa shape index (κ2) is 7.22. The Labute approximate surface area is 128 Å². The van der Waals surface area contributed by atoms with Crippen molar-refractivity contribution in [2.75, 3.05) is 19.0 Å². The zero-order valence-corrected chi connectivity index (χ0v) is 12.8. The summed E-state index contributed by atoms with van der Waals surface area (Å²) in [6.45, 7) is 1.47. The van der Waals surface area contributed by atoms with Crippen molar-refractivity contribution in [3.05, 3.63) is 0 Å². The summed E-state index contributed by atoms with van der Waals surface area (Å²) < 4.78 is 7.17. The third kappa shape index (κ3) is 3.94. The van der Waals surface area contributed by atoms with Crippen molar-refractivity contribution < 1.29 is 9.53 Å². The highest BCUT2D eigenvalue weighted by Crippen LogP contribution is 2.31. The molecule has 0 spiro atoms. The fourth-order valence-corrected chi connectivity index (χ4v) is 3.66. The number of amides is 1. The van der Waals surface area contributed by atoms with Crippen molar-refractivity contribution in [2.24, 2.45) is 0 Å². The van der Waals surface area contributed by atoms with Gasteiger partial charge in [-0.1, -0.05) is 24.6 Å². The minimum Gasteiger partial charge on any atom is -0.381 e. The van der Waals surface area contributed by atoms with Crippen LogP contribution in [0, 0.1) is 0 Å². The largest absolute Gasteiger partial charge is 0.381 e. The monoisotopic (exact) mass is 311 g/mol. The lowest BCUT2D eigenvalue weighted by atomic mass is 10.1. The quantitative estimate of drug-likeness (QED) is 0.822. The molecule has 0 radical (unpaired) electrons. The highest BCUT2D eigenvalue weighted by atomic mass is 32.2. The summed E-state index contributed by atoms with van der Waals surface area (Å²) in [5.74, 6) is 0.414. The van der Waals surface area contributed by atoms with Gasteiger partial charge < -0.3 is 10.1 Å². The molecule has 1 aliphatic heterocycles. The number of carbonyl (C=O) groups excluding carboxylic acids is 1. The van der Waals surface area contributed by atoms with Crippen molar-refractivity contribution in [3.8, 4) is 0 Å². The first-order chi connectivity index (χ1) is 10.3. The van der Waals surface area contributed by atoms with Gasteiger partial charge in [0.15, 0.2) is 0 Å². The van der Waals surface area contributed by atoms with Gasteiger partial charge in [-0.3, -0.25) is 4.79 Å². The van der Waals surface area contributed by atoms with Crippen LogP contribution in [0.3, 0.4) is 0 Å². The molecule has 3 rings (SSSR count). The predicted molar refractivity (Wildman–Crippen MR) is 78.0 cm³/mol. The number of aromatic nitrogens is 4. The molecule has 1 aromatic heterocycles. The van der Waals surface area contributed by atoms with E-state index in [-0.39, 0.29) is 11.9 Å². The number of tetrazole rings is 1. The summed E-state index contributed by atoms with van der Waals surface area (Å²) in [7, 11) is 0. The third-order valence-electron chi connectivity index (χ3n) is 4.05. The van der Waals surface area contributed by atoms with E-state index in [1.165, 1.54) is 24.6 Å². The van der Waals surface area contributed by atoms with Crippen LogP contribution >= 0.6 is 11.8 Å². The summed E-state index contributed by atoms with van der Waals surface area (Å²) in [4.78, 5) is 12.0. The fraction of sp³-hybridized carbons (Fsp3) is 0.846. The Morgan fingerprint density at radius 3 is 2.81 bits per heavy atom. The minimum absolute atomic E-state index is 0.0490. The van der Waals surface area contributed by atoms with Gasteiger partial charge in [-0.2, -0.15) is 0 Å². The van der Waals surface area contributed by atoms with Crippen LogP contribution in [-0.2, 0) is 9.53 Å². The molecule has 7 nitrogen and oxygen atoms in total. The zero-order valence-electron chi connectivity index (χ0n) is 12.0. The molecular weight excluding hydrogens is 290 g/mol. The first kappa shape index (κ1) is 14.8. The SMILES string of the molecule is O=C(CSc1nnnn1C1CCCC1)NC1CCOCC1. The highest BCUT2D eigenvalue weighted by molar-refractivity contribution is 7.99. The Morgan fingerprint density at radius 2 is 2.05 bits per heavy atom. The molecule has 0 bridgehead atoms. The number of rotatable bonds is 5. The maximum Gasteiger partial charge on any atom is 0.230 e. The van der Waals surface area contributed by atoms with E-state index in [0.29, 0.717) is 11.8 Å². The lowest BCUT2D eigenvalue weighted by Gasteiger charge is -2.22. The van der Waals surface area contributed by atoms with E-state index in [4.69, 9.17) is 4.74 Å². The van der Waals surface area contributed by atoms with Crippen molar-refractivity contribution >= 4 is 17.7 Å². The van der Waals surface area contributed by atoms with Gasteiger partial charge in [-0.15, -0.1) is 5.10 Å². The summed E-state index contributed by atoms with van der Waals surface area (Å²) in [5, 5.41) is 15.7. The normalized spacial score (nSPS) is 20.8. The van der Waals surface area contributed by atoms with Gasteiger partial charge in [0, 0.05) is 19.3 Å². The van der Waals surface area contributed by atoms with E-state index < -0.39 is 0 Å². The van der Waals surface area contributed by atoms with Crippen molar-refractivity contribution in [1.82, 2.24) is 25.5 Å². The lowest BCUT2D eigenvalue weighted by molar-refractivity contribution is -0.119. The number of nitrogens with one attached hydrogen (secondary N) is 1. The summed E-state index contributed by atoms with van der Waals surface area (Å²) in [5.41, 5.74) is 0. The molecule has 1 saturated carbocycles.